The Hall–Kier alpha value is -1.90. The summed E-state index contributed by atoms with van der Waals surface area (Å²) < 4.78 is 26.3. The molecule has 9 heteroatoms. The minimum Gasteiger partial charge on any atom is -0.350 e. The number of carbonyl (C=O) groups is 1. The molecule has 2 aromatic heterocycles. The van der Waals surface area contributed by atoms with Crippen LogP contribution in [0.5, 0.6) is 0 Å². The normalized spacial score (nSPS) is 22.0. The van der Waals surface area contributed by atoms with Gasteiger partial charge >= 0.3 is 0 Å². The van der Waals surface area contributed by atoms with Crippen molar-refractivity contribution in [1.82, 2.24) is 24.9 Å². The molecule has 22 heavy (non-hydrogen) atoms. The van der Waals surface area contributed by atoms with Gasteiger partial charge in [0.25, 0.3) is 0 Å². The van der Waals surface area contributed by atoms with Crippen LogP contribution < -0.4 is 5.32 Å². The van der Waals surface area contributed by atoms with Gasteiger partial charge in [-0.1, -0.05) is 0 Å². The van der Waals surface area contributed by atoms with E-state index in [0.29, 0.717) is 6.42 Å². The van der Waals surface area contributed by atoms with E-state index in [1.165, 1.54) is 0 Å². The highest BCUT2D eigenvalue weighted by Gasteiger charge is 2.31. The quantitative estimate of drug-likeness (QED) is 0.852. The van der Waals surface area contributed by atoms with Crippen LogP contribution >= 0.6 is 0 Å². The average Bonchev–Trinajstić information content (AvgIpc) is 3.07. The minimum absolute atomic E-state index is 0.0197. The van der Waals surface area contributed by atoms with Crippen LogP contribution in [0.3, 0.4) is 0 Å². The molecule has 1 fully saturated rings. The molecule has 3 heterocycles. The molecule has 120 valence electrons. The number of amides is 1. The first-order valence-electron chi connectivity index (χ1n) is 7.16. The van der Waals surface area contributed by atoms with E-state index in [4.69, 9.17) is 0 Å². The zero-order chi connectivity index (χ0) is 16.1. The van der Waals surface area contributed by atoms with Gasteiger partial charge in [0.2, 0.25) is 5.91 Å². The first-order valence-corrected chi connectivity index (χ1v) is 8.98. The summed E-state index contributed by atoms with van der Waals surface area (Å²) in [6, 6.07) is -0.829. The van der Waals surface area contributed by atoms with Gasteiger partial charge in [0, 0.05) is 13.1 Å². The lowest BCUT2D eigenvalue weighted by atomic mass is 10.2. The van der Waals surface area contributed by atoms with Crippen LogP contribution in [-0.4, -0.2) is 51.4 Å². The maximum absolute atomic E-state index is 12.4. The van der Waals surface area contributed by atoms with Crippen LogP contribution in [0.2, 0.25) is 0 Å². The summed E-state index contributed by atoms with van der Waals surface area (Å²) in [6.45, 7) is 3.62. The van der Waals surface area contributed by atoms with Crippen LogP contribution in [0.25, 0.3) is 11.0 Å². The van der Waals surface area contributed by atoms with Crippen molar-refractivity contribution in [2.75, 3.05) is 11.5 Å². The van der Waals surface area contributed by atoms with Gasteiger partial charge in [-0.15, -0.1) is 0 Å². The SMILES string of the molecule is Cc1nn(C)c2cnn([C@H](C)C(=O)N[C@@H]3CCS(=O)(=O)C3)c12. The number of nitrogens with zero attached hydrogens (tertiary/aromatic N) is 4. The zero-order valence-electron chi connectivity index (χ0n) is 12.8. The highest BCUT2D eigenvalue weighted by atomic mass is 32.2. The summed E-state index contributed by atoms with van der Waals surface area (Å²) in [4.78, 5) is 12.4. The lowest BCUT2D eigenvalue weighted by molar-refractivity contribution is -0.124. The number of carbonyl (C=O) groups excluding carboxylic acids is 1. The predicted octanol–water partition coefficient (Wildman–Crippen LogP) is -0.0575. The fourth-order valence-electron chi connectivity index (χ4n) is 2.90. The molecule has 0 unspecified atom stereocenters. The molecule has 0 radical (unpaired) electrons. The molecule has 1 amide bonds. The lowest BCUT2D eigenvalue weighted by Gasteiger charge is -2.16. The molecular formula is C13H19N5O3S. The maximum atomic E-state index is 12.4. The maximum Gasteiger partial charge on any atom is 0.244 e. The Kier molecular flexibility index (Phi) is 3.47. The smallest absolute Gasteiger partial charge is 0.244 e. The van der Waals surface area contributed by atoms with E-state index in [-0.39, 0.29) is 23.5 Å². The number of fused-ring (bicyclic) bond motifs is 1. The highest BCUT2D eigenvalue weighted by Crippen LogP contribution is 2.21. The van der Waals surface area contributed by atoms with E-state index < -0.39 is 15.9 Å². The topological polar surface area (TPSA) is 98.9 Å². The monoisotopic (exact) mass is 325 g/mol. The molecule has 3 rings (SSSR count). The van der Waals surface area contributed by atoms with E-state index in [2.05, 4.69) is 15.5 Å². The number of nitrogens with one attached hydrogen (secondary N) is 1. The first kappa shape index (κ1) is 15.0. The summed E-state index contributed by atoms with van der Waals surface area (Å²) in [7, 11) is -1.18. The molecule has 8 nitrogen and oxygen atoms in total. The van der Waals surface area contributed by atoms with Crippen molar-refractivity contribution in [3.05, 3.63) is 11.9 Å². The van der Waals surface area contributed by atoms with E-state index in [0.717, 1.165) is 16.7 Å². The molecule has 2 atom stereocenters. The van der Waals surface area contributed by atoms with E-state index in [1.54, 1.807) is 22.5 Å². The Morgan fingerprint density at radius 3 is 2.86 bits per heavy atom. The third-order valence-electron chi connectivity index (χ3n) is 4.09. The summed E-state index contributed by atoms with van der Waals surface area (Å²) >= 11 is 0. The van der Waals surface area contributed by atoms with Crippen LogP contribution in [0.1, 0.15) is 25.1 Å². The largest absolute Gasteiger partial charge is 0.350 e. The molecule has 2 aromatic rings. The van der Waals surface area contributed by atoms with Crippen molar-refractivity contribution in [2.45, 2.75) is 32.4 Å². The second-order valence-electron chi connectivity index (χ2n) is 5.82. The summed E-state index contributed by atoms with van der Waals surface area (Å²) in [5, 5.41) is 11.4. The number of hydrogen-bond acceptors (Lipinski definition) is 5. The Morgan fingerprint density at radius 2 is 2.23 bits per heavy atom. The molecule has 1 aliphatic heterocycles. The van der Waals surface area contributed by atoms with Gasteiger partial charge in [-0.05, 0) is 20.3 Å². The molecule has 1 saturated heterocycles. The fourth-order valence-corrected chi connectivity index (χ4v) is 4.58. The number of aryl methyl sites for hydroxylation is 2. The van der Waals surface area contributed by atoms with Gasteiger partial charge in [-0.25, -0.2) is 13.1 Å². The van der Waals surface area contributed by atoms with Gasteiger partial charge in [-0.2, -0.15) is 10.2 Å². The summed E-state index contributed by atoms with van der Waals surface area (Å²) in [5.74, 6) is -0.0678. The second kappa shape index (κ2) is 5.08. The van der Waals surface area contributed by atoms with E-state index >= 15 is 0 Å². The van der Waals surface area contributed by atoms with Crippen molar-refractivity contribution in [1.29, 1.82) is 0 Å². The Morgan fingerprint density at radius 1 is 1.50 bits per heavy atom. The molecular weight excluding hydrogens is 306 g/mol. The molecule has 1 N–H and O–H groups in total. The molecule has 0 aromatic carbocycles. The number of hydrogen-bond donors (Lipinski definition) is 1. The minimum atomic E-state index is -3.01. The number of sulfone groups is 1. The van der Waals surface area contributed by atoms with Gasteiger partial charge in [-0.3, -0.25) is 9.48 Å². The van der Waals surface area contributed by atoms with Gasteiger partial charge < -0.3 is 5.32 Å². The second-order valence-corrected chi connectivity index (χ2v) is 8.05. The molecule has 0 aliphatic carbocycles. The average molecular weight is 325 g/mol. The Labute approximate surface area is 128 Å². The van der Waals surface area contributed by atoms with Crippen LogP contribution in [0, 0.1) is 6.92 Å². The molecule has 0 saturated carbocycles. The predicted molar refractivity (Wildman–Crippen MR) is 81.1 cm³/mol. The van der Waals surface area contributed by atoms with Crippen LogP contribution in [-0.2, 0) is 21.7 Å². The lowest BCUT2D eigenvalue weighted by Crippen LogP contribution is -2.39. The fraction of sp³-hybridized carbons (Fsp3) is 0.615. The van der Waals surface area contributed by atoms with Gasteiger partial charge in [0.05, 0.1) is 23.4 Å². The standard InChI is InChI=1S/C13H19N5O3S/c1-8-12-11(17(3)16-8)6-14-18(12)9(2)13(19)15-10-4-5-22(20,21)7-10/h6,9-10H,4-5,7H2,1-3H3,(H,15,19)/t9-,10-/m1/s1. The van der Waals surface area contributed by atoms with Crippen molar-refractivity contribution < 1.29 is 13.2 Å². The molecule has 0 spiro atoms. The summed E-state index contributed by atoms with van der Waals surface area (Å²) in [5.41, 5.74) is 2.49. The van der Waals surface area contributed by atoms with Crippen molar-refractivity contribution in [3.63, 3.8) is 0 Å². The van der Waals surface area contributed by atoms with Crippen molar-refractivity contribution >= 4 is 26.8 Å². The van der Waals surface area contributed by atoms with Crippen molar-refractivity contribution in [3.8, 4) is 0 Å². The summed E-state index contributed by atoms with van der Waals surface area (Å²) in [6.07, 6.45) is 2.15. The van der Waals surface area contributed by atoms with E-state index in [1.807, 2.05) is 14.0 Å². The zero-order valence-corrected chi connectivity index (χ0v) is 13.6. The molecule has 1 aliphatic rings. The van der Waals surface area contributed by atoms with Gasteiger partial charge in [0.1, 0.15) is 17.1 Å². The third kappa shape index (κ3) is 2.49. The van der Waals surface area contributed by atoms with Crippen LogP contribution in [0.4, 0.5) is 0 Å². The Balaban J connectivity index is 1.80. The Bertz CT molecular complexity index is 835. The van der Waals surface area contributed by atoms with Crippen molar-refractivity contribution in [2.24, 2.45) is 7.05 Å². The highest BCUT2D eigenvalue weighted by molar-refractivity contribution is 7.91. The molecule has 0 bridgehead atoms. The van der Waals surface area contributed by atoms with Crippen LogP contribution in [0.15, 0.2) is 6.20 Å². The van der Waals surface area contributed by atoms with E-state index in [9.17, 15) is 13.2 Å². The van der Waals surface area contributed by atoms with Gasteiger partial charge in [0.15, 0.2) is 9.84 Å². The third-order valence-corrected chi connectivity index (χ3v) is 5.86. The number of rotatable bonds is 3. The number of aromatic nitrogens is 4. The first-order chi connectivity index (χ1) is 10.3.